The van der Waals surface area contributed by atoms with Crippen LogP contribution in [0.15, 0.2) is 22.9 Å². The monoisotopic (exact) mass is 324 g/mol. The molecule has 0 atom stereocenters. The second-order valence-electron chi connectivity index (χ2n) is 6.70. The minimum atomic E-state index is -0.625. The lowest BCUT2D eigenvalue weighted by Gasteiger charge is -2.14. The second kappa shape index (κ2) is 6.23. The number of hydrogen-bond acceptors (Lipinski definition) is 6. The molecule has 0 spiro atoms. The van der Waals surface area contributed by atoms with Crippen molar-refractivity contribution in [2.45, 2.75) is 62.9 Å². The van der Waals surface area contributed by atoms with Gasteiger partial charge in [-0.25, -0.2) is 4.98 Å². The molecule has 0 aliphatic heterocycles. The van der Waals surface area contributed by atoms with Gasteiger partial charge in [0, 0.05) is 6.20 Å². The molecule has 24 heavy (non-hydrogen) atoms. The maximum Gasteiger partial charge on any atom is 0.247 e. The van der Waals surface area contributed by atoms with Gasteiger partial charge in [0.25, 0.3) is 0 Å². The average molecular weight is 324 g/mol. The number of aromatic nitrogens is 3. The van der Waals surface area contributed by atoms with Crippen LogP contribution >= 0.6 is 0 Å². The fourth-order valence-electron chi connectivity index (χ4n) is 3.70. The first-order valence-electron chi connectivity index (χ1n) is 8.68. The molecular formula is C18H20N4O2. The molecule has 2 aliphatic carbocycles. The van der Waals surface area contributed by atoms with Gasteiger partial charge in [-0.15, -0.1) is 0 Å². The standard InChI is InChI=1S/C18H20N4O2/c19-12-18(9-3-4-10-18)17-21-15(22-24-17)14-8-5-11-20-16(14)23-13-6-1-2-7-13/h5,8,11,13H,1-4,6-7,9-10H2. The van der Waals surface area contributed by atoms with Gasteiger partial charge in [-0.05, 0) is 50.7 Å². The summed E-state index contributed by atoms with van der Waals surface area (Å²) in [6, 6.07) is 6.11. The van der Waals surface area contributed by atoms with Gasteiger partial charge in [-0.1, -0.05) is 18.0 Å². The van der Waals surface area contributed by atoms with E-state index in [1.54, 1.807) is 6.20 Å². The molecule has 124 valence electrons. The molecular weight excluding hydrogens is 304 g/mol. The number of pyridine rings is 1. The third-order valence-corrected chi connectivity index (χ3v) is 5.10. The summed E-state index contributed by atoms with van der Waals surface area (Å²) < 4.78 is 11.5. The summed E-state index contributed by atoms with van der Waals surface area (Å²) in [5.74, 6) is 1.43. The van der Waals surface area contributed by atoms with E-state index in [9.17, 15) is 5.26 Å². The molecule has 0 saturated heterocycles. The zero-order valence-corrected chi connectivity index (χ0v) is 13.6. The molecule has 6 heteroatoms. The third-order valence-electron chi connectivity index (χ3n) is 5.10. The molecule has 2 aromatic rings. The fourth-order valence-corrected chi connectivity index (χ4v) is 3.70. The Hall–Kier alpha value is -2.42. The summed E-state index contributed by atoms with van der Waals surface area (Å²) >= 11 is 0. The molecule has 6 nitrogen and oxygen atoms in total. The highest BCUT2D eigenvalue weighted by Gasteiger charge is 2.41. The van der Waals surface area contributed by atoms with Crippen LogP contribution in [0.2, 0.25) is 0 Å². The first-order chi connectivity index (χ1) is 11.8. The molecule has 0 unspecified atom stereocenters. The summed E-state index contributed by atoms with van der Waals surface area (Å²) in [7, 11) is 0. The van der Waals surface area contributed by atoms with Gasteiger partial charge in [-0.3, -0.25) is 0 Å². The second-order valence-corrected chi connectivity index (χ2v) is 6.70. The summed E-state index contributed by atoms with van der Waals surface area (Å²) in [6.07, 6.45) is 10.0. The van der Waals surface area contributed by atoms with Crippen LogP contribution in [0.5, 0.6) is 5.88 Å². The van der Waals surface area contributed by atoms with Crippen molar-refractivity contribution < 1.29 is 9.26 Å². The number of nitriles is 1. The predicted octanol–water partition coefficient (Wildman–Crippen LogP) is 3.79. The Bertz CT molecular complexity index is 752. The summed E-state index contributed by atoms with van der Waals surface area (Å²) in [6.45, 7) is 0. The van der Waals surface area contributed by atoms with Crippen molar-refractivity contribution in [3.63, 3.8) is 0 Å². The minimum Gasteiger partial charge on any atom is -0.474 e. The van der Waals surface area contributed by atoms with Crippen molar-refractivity contribution in [1.29, 1.82) is 5.26 Å². The number of rotatable bonds is 4. The normalized spacial score (nSPS) is 20.1. The van der Waals surface area contributed by atoms with E-state index in [1.807, 2.05) is 12.1 Å². The lowest BCUT2D eigenvalue weighted by Crippen LogP contribution is -2.19. The molecule has 2 fully saturated rings. The van der Waals surface area contributed by atoms with Crippen molar-refractivity contribution >= 4 is 0 Å². The molecule has 4 rings (SSSR count). The molecule has 2 heterocycles. The Morgan fingerprint density at radius 2 is 2.00 bits per heavy atom. The lowest BCUT2D eigenvalue weighted by molar-refractivity contribution is 0.202. The number of nitrogens with zero attached hydrogens (tertiary/aromatic N) is 4. The Morgan fingerprint density at radius 1 is 1.21 bits per heavy atom. The Labute approximate surface area is 140 Å². The van der Waals surface area contributed by atoms with Crippen molar-refractivity contribution in [3.8, 4) is 23.3 Å². The van der Waals surface area contributed by atoms with Crippen LogP contribution in [0.25, 0.3) is 11.4 Å². The topological polar surface area (TPSA) is 84.8 Å². The fraction of sp³-hybridized carbons (Fsp3) is 0.556. The molecule has 0 N–H and O–H groups in total. The third kappa shape index (κ3) is 2.64. The van der Waals surface area contributed by atoms with Crippen molar-refractivity contribution in [2.24, 2.45) is 0 Å². The van der Waals surface area contributed by atoms with Crippen molar-refractivity contribution in [2.75, 3.05) is 0 Å². The van der Waals surface area contributed by atoms with Crippen LogP contribution in [-0.4, -0.2) is 21.2 Å². The molecule has 2 aromatic heterocycles. The SMILES string of the molecule is N#CC1(c2nc(-c3cccnc3OC3CCCC3)no2)CCCC1. The Morgan fingerprint density at radius 3 is 2.75 bits per heavy atom. The van der Waals surface area contributed by atoms with Crippen LogP contribution < -0.4 is 4.74 Å². The van der Waals surface area contributed by atoms with E-state index in [0.29, 0.717) is 17.6 Å². The summed E-state index contributed by atoms with van der Waals surface area (Å²) in [5, 5.41) is 13.7. The summed E-state index contributed by atoms with van der Waals surface area (Å²) in [5.41, 5.74) is 0.102. The van der Waals surface area contributed by atoms with E-state index in [4.69, 9.17) is 9.26 Å². The van der Waals surface area contributed by atoms with Crippen molar-refractivity contribution in [1.82, 2.24) is 15.1 Å². The smallest absolute Gasteiger partial charge is 0.247 e. The summed E-state index contributed by atoms with van der Waals surface area (Å²) in [4.78, 5) is 8.87. The van der Waals surface area contributed by atoms with Crippen LogP contribution in [0.4, 0.5) is 0 Å². The van der Waals surface area contributed by atoms with Crippen LogP contribution in [0.3, 0.4) is 0 Å². The van der Waals surface area contributed by atoms with Crippen molar-refractivity contribution in [3.05, 3.63) is 24.2 Å². The van der Waals surface area contributed by atoms with Gasteiger partial charge in [0.1, 0.15) is 11.5 Å². The van der Waals surface area contributed by atoms with Gasteiger partial charge in [0.05, 0.1) is 11.6 Å². The largest absolute Gasteiger partial charge is 0.474 e. The van der Waals surface area contributed by atoms with Gasteiger partial charge >= 0.3 is 0 Å². The zero-order valence-electron chi connectivity index (χ0n) is 13.6. The van der Waals surface area contributed by atoms with Crippen LogP contribution in [-0.2, 0) is 5.41 Å². The van der Waals surface area contributed by atoms with E-state index >= 15 is 0 Å². The highest BCUT2D eigenvalue weighted by Crippen LogP contribution is 2.40. The van der Waals surface area contributed by atoms with E-state index in [1.165, 1.54) is 12.8 Å². The Kier molecular flexibility index (Phi) is 3.93. The Balaban J connectivity index is 1.64. The first kappa shape index (κ1) is 15.1. The molecule has 0 aromatic carbocycles. The van der Waals surface area contributed by atoms with Gasteiger partial charge in [0.15, 0.2) is 0 Å². The molecule has 0 bridgehead atoms. The lowest BCUT2D eigenvalue weighted by atomic mass is 9.88. The molecule has 2 saturated carbocycles. The minimum absolute atomic E-state index is 0.213. The number of hydrogen-bond donors (Lipinski definition) is 0. The average Bonchev–Trinajstić information content (AvgIpc) is 3.37. The molecule has 0 amide bonds. The van der Waals surface area contributed by atoms with Gasteiger partial charge in [0.2, 0.25) is 17.6 Å². The molecule has 2 aliphatic rings. The number of ether oxygens (including phenoxy) is 1. The van der Waals surface area contributed by atoms with E-state index in [2.05, 4.69) is 21.2 Å². The maximum absolute atomic E-state index is 9.58. The predicted molar refractivity (Wildman–Crippen MR) is 86.2 cm³/mol. The molecule has 0 radical (unpaired) electrons. The highest BCUT2D eigenvalue weighted by atomic mass is 16.5. The van der Waals surface area contributed by atoms with Crippen LogP contribution in [0, 0.1) is 11.3 Å². The van der Waals surface area contributed by atoms with E-state index < -0.39 is 5.41 Å². The highest BCUT2D eigenvalue weighted by molar-refractivity contribution is 5.60. The van der Waals surface area contributed by atoms with E-state index in [-0.39, 0.29) is 6.10 Å². The zero-order chi connectivity index (χ0) is 16.4. The maximum atomic E-state index is 9.58. The van der Waals surface area contributed by atoms with E-state index in [0.717, 1.165) is 44.1 Å². The first-order valence-corrected chi connectivity index (χ1v) is 8.68. The van der Waals surface area contributed by atoms with Gasteiger partial charge < -0.3 is 9.26 Å². The van der Waals surface area contributed by atoms with Crippen LogP contribution in [0.1, 0.15) is 57.3 Å². The quantitative estimate of drug-likeness (QED) is 0.850. The van der Waals surface area contributed by atoms with Gasteiger partial charge in [-0.2, -0.15) is 10.2 Å².